The van der Waals surface area contributed by atoms with Gasteiger partial charge in [-0.25, -0.2) is 4.79 Å². The third kappa shape index (κ3) is 5.38. The SMILES string of the molecule is CCCC1CCC(C(=O)N[C@@H](Cc2ccccc2)C(=O)O)CC1. The fourth-order valence-corrected chi connectivity index (χ4v) is 3.46. The summed E-state index contributed by atoms with van der Waals surface area (Å²) in [6.45, 7) is 2.19. The van der Waals surface area contributed by atoms with Gasteiger partial charge >= 0.3 is 5.97 Å². The predicted molar refractivity (Wildman–Crippen MR) is 90.1 cm³/mol. The Kier molecular flexibility index (Phi) is 6.63. The summed E-state index contributed by atoms with van der Waals surface area (Å²) in [4.78, 5) is 23.8. The van der Waals surface area contributed by atoms with Crippen molar-refractivity contribution in [3.63, 3.8) is 0 Å². The molecule has 0 heterocycles. The summed E-state index contributed by atoms with van der Waals surface area (Å²) in [6, 6.07) is 8.58. The van der Waals surface area contributed by atoms with Gasteiger partial charge in [0.2, 0.25) is 5.91 Å². The van der Waals surface area contributed by atoms with E-state index in [4.69, 9.17) is 0 Å². The number of nitrogens with one attached hydrogen (secondary N) is 1. The summed E-state index contributed by atoms with van der Waals surface area (Å²) in [6.07, 6.45) is 6.69. The van der Waals surface area contributed by atoms with E-state index in [0.29, 0.717) is 6.42 Å². The van der Waals surface area contributed by atoms with E-state index in [-0.39, 0.29) is 11.8 Å². The molecule has 2 rings (SSSR count). The number of amides is 1. The number of carbonyl (C=O) groups excluding carboxylic acids is 1. The fraction of sp³-hybridized carbons (Fsp3) is 0.579. The third-order valence-electron chi connectivity index (χ3n) is 4.81. The standard InChI is InChI=1S/C19H27NO3/c1-2-6-14-9-11-16(12-10-14)18(21)20-17(19(22)23)13-15-7-4-3-5-8-15/h3-5,7-8,14,16-17H,2,6,9-13H2,1H3,(H,20,21)(H,22,23)/t14?,16?,17-/m0/s1. The molecule has 1 saturated carbocycles. The largest absolute Gasteiger partial charge is 0.480 e. The van der Waals surface area contributed by atoms with E-state index in [1.165, 1.54) is 12.8 Å². The van der Waals surface area contributed by atoms with Gasteiger partial charge in [-0.3, -0.25) is 4.79 Å². The highest BCUT2D eigenvalue weighted by molar-refractivity contribution is 5.85. The van der Waals surface area contributed by atoms with Crippen LogP contribution in [0.4, 0.5) is 0 Å². The minimum Gasteiger partial charge on any atom is -0.480 e. The Morgan fingerprint density at radius 3 is 2.39 bits per heavy atom. The van der Waals surface area contributed by atoms with Gasteiger partial charge < -0.3 is 10.4 Å². The minimum atomic E-state index is -0.970. The monoisotopic (exact) mass is 317 g/mol. The van der Waals surface area contributed by atoms with Crippen molar-refractivity contribution in [2.75, 3.05) is 0 Å². The van der Waals surface area contributed by atoms with Crippen molar-refractivity contribution in [1.29, 1.82) is 0 Å². The first-order valence-corrected chi connectivity index (χ1v) is 8.67. The van der Waals surface area contributed by atoms with Gasteiger partial charge in [-0.1, -0.05) is 50.1 Å². The molecule has 0 aliphatic heterocycles. The molecule has 0 saturated heterocycles. The van der Waals surface area contributed by atoms with Crippen LogP contribution in [-0.2, 0) is 16.0 Å². The number of aliphatic carboxylic acids is 1. The molecule has 0 unspecified atom stereocenters. The average Bonchev–Trinajstić information content (AvgIpc) is 2.56. The lowest BCUT2D eigenvalue weighted by molar-refractivity contribution is -0.142. The van der Waals surface area contributed by atoms with Gasteiger partial charge in [0.25, 0.3) is 0 Å². The molecule has 0 bridgehead atoms. The van der Waals surface area contributed by atoms with E-state index >= 15 is 0 Å². The molecular weight excluding hydrogens is 290 g/mol. The Morgan fingerprint density at radius 1 is 1.17 bits per heavy atom. The van der Waals surface area contributed by atoms with Crippen molar-refractivity contribution in [2.45, 2.75) is 57.9 Å². The van der Waals surface area contributed by atoms with Crippen molar-refractivity contribution in [2.24, 2.45) is 11.8 Å². The highest BCUT2D eigenvalue weighted by Crippen LogP contribution is 2.31. The summed E-state index contributed by atoms with van der Waals surface area (Å²) in [5.74, 6) is -0.352. The van der Waals surface area contributed by atoms with Crippen molar-refractivity contribution in [3.05, 3.63) is 35.9 Å². The summed E-state index contributed by atoms with van der Waals surface area (Å²) >= 11 is 0. The quantitative estimate of drug-likeness (QED) is 0.810. The molecule has 1 aliphatic rings. The number of carboxylic acids is 1. The number of carboxylic acid groups (broad SMARTS) is 1. The molecule has 0 spiro atoms. The summed E-state index contributed by atoms with van der Waals surface area (Å²) < 4.78 is 0. The van der Waals surface area contributed by atoms with Crippen LogP contribution in [0.5, 0.6) is 0 Å². The zero-order valence-electron chi connectivity index (χ0n) is 13.8. The van der Waals surface area contributed by atoms with Crippen LogP contribution in [0.3, 0.4) is 0 Å². The van der Waals surface area contributed by atoms with Crippen LogP contribution in [-0.4, -0.2) is 23.0 Å². The first kappa shape index (κ1) is 17.5. The zero-order valence-corrected chi connectivity index (χ0v) is 13.8. The first-order valence-electron chi connectivity index (χ1n) is 8.67. The van der Waals surface area contributed by atoms with Gasteiger partial charge in [0.1, 0.15) is 6.04 Å². The van der Waals surface area contributed by atoms with Crippen LogP contribution in [0.25, 0.3) is 0 Å². The minimum absolute atomic E-state index is 0.0271. The van der Waals surface area contributed by atoms with Gasteiger partial charge in [-0.05, 0) is 37.2 Å². The Labute approximate surface area is 138 Å². The molecule has 23 heavy (non-hydrogen) atoms. The molecule has 126 valence electrons. The molecule has 1 amide bonds. The maximum Gasteiger partial charge on any atom is 0.326 e. The number of rotatable bonds is 7. The van der Waals surface area contributed by atoms with E-state index < -0.39 is 12.0 Å². The fourth-order valence-electron chi connectivity index (χ4n) is 3.46. The maximum atomic E-state index is 12.4. The highest BCUT2D eigenvalue weighted by atomic mass is 16.4. The van der Waals surface area contributed by atoms with Crippen molar-refractivity contribution in [3.8, 4) is 0 Å². The second kappa shape index (κ2) is 8.70. The zero-order chi connectivity index (χ0) is 16.7. The van der Waals surface area contributed by atoms with E-state index in [2.05, 4.69) is 12.2 Å². The molecule has 0 radical (unpaired) electrons. The third-order valence-corrected chi connectivity index (χ3v) is 4.81. The van der Waals surface area contributed by atoms with Gasteiger partial charge in [0, 0.05) is 12.3 Å². The Hall–Kier alpha value is -1.84. The number of benzene rings is 1. The molecule has 1 aromatic carbocycles. The molecule has 1 atom stereocenters. The summed E-state index contributed by atoms with van der Waals surface area (Å²) in [5.41, 5.74) is 0.923. The average molecular weight is 317 g/mol. The van der Waals surface area contributed by atoms with Crippen molar-refractivity contribution in [1.82, 2.24) is 5.32 Å². The van der Waals surface area contributed by atoms with Gasteiger partial charge in [0.15, 0.2) is 0 Å². The molecule has 1 aliphatic carbocycles. The number of hydrogen-bond donors (Lipinski definition) is 2. The molecule has 4 heteroatoms. The second-order valence-electron chi connectivity index (χ2n) is 6.60. The smallest absolute Gasteiger partial charge is 0.326 e. The van der Waals surface area contributed by atoms with Crippen molar-refractivity contribution < 1.29 is 14.7 Å². The van der Waals surface area contributed by atoms with Crippen LogP contribution in [0.15, 0.2) is 30.3 Å². The van der Waals surface area contributed by atoms with Gasteiger partial charge in [-0.15, -0.1) is 0 Å². The van der Waals surface area contributed by atoms with Gasteiger partial charge in [0.05, 0.1) is 0 Å². The van der Waals surface area contributed by atoms with Gasteiger partial charge in [-0.2, -0.15) is 0 Å². The Bertz CT molecular complexity index is 507. The van der Waals surface area contributed by atoms with E-state index in [0.717, 1.165) is 37.2 Å². The highest BCUT2D eigenvalue weighted by Gasteiger charge is 2.29. The lowest BCUT2D eigenvalue weighted by atomic mass is 9.79. The first-order chi connectivity index (χ1) is 11.1. The molecule has 2 N–H and O–H groups in total. The number of hydrogen-bond acceptors (Lipinski definition) is 2. The molecule has 1 fully saturated rings. The van der Waals surface area contributed by atoms with Crippen LogP contribution < -0.4 is 5.32 Å². The topological polar surface area (TPSA) is 66.4 Å². The van der Waals surface area contributed by atoms with E-state index in [1.807, 2.05) is 30.3 Å². The summed E-state index contributed by atoms with van der Waals surface area (Å²) in [5, 5.41) is 12.1. The molecule has 0 aromatic heterocycles. The lowest BCUT2D eigenvalue weighted by Gasteiger charge is -2.28. The normalized spacial score (nSPS) is 22.3. The summed E-state index contributed by atoms with van der Waals surface area (Å²) in [7, 11) is 0. The van der Waals surface area contributed by atoms with E-state index in [9.17, 15) is 14.7 Å². The van der Waals surface area contributed by atoms with Crippen LogP contribution >= 0.6 is 0 Å². The lowest BCUT2D eigenvalue weighted by Crippen LogP contribution is -2.45. The molecule has 1 aromatic rings. The van der Waals surface area contributed by atoms with Crippen LogP contribution in [0.2, 0.25) is 0 Å². The number of carbonyl (C=O) groups is 2. The van der Waals surface area contributed by atoms with Crippen LogP contribution in [0, 0.1) is 11.8 Å². The Balaban J connectivity index is 1.87. The maximum absolute atomic E-state index is 12.4. The van der Waals surface area contributed by atoms with Crippen molar-refractivity contribution >= 4 is 11.9 Å². The Morgan fingerprint density at radius 2 is 1.83 bits per heavy atom. The predicted octanol–water partition coefficient (Wildman–Crippen LogP) is 3.41. The van der Waals surface area contributed by atoms with Crippen LogP contribution in [0.1, 0.15) is 51.0 Å². The second-order valence-corrected chi connectivity index (χ2v) is 6.60. The molecular formula is C19H27NO3. The molecule has 4 nitrogen and oxygen atoms in total. The van der Waals surface area contributed by atoms with E-state index in [1.54, 1.807) is 0 Å².